The molecule has 696 valence electrons. The number of fused-ring (bicyclic) bond motifs is 3. The molecule has 135 heavy (non-hydrogen) atoms. The number of aryl methyl sites for hydroxylation is 3. The highest BCUT2D eigenvalue weighted by atomic mass is 35.5. The number of carbonyl (C=O) groups is 3. The largest absolute Gasteiger partial charge is 0.397 e. The van der Waals surface area contributed by atoms with Gasteiger partial charge in [-0.25, -0.2) is 41.3 Å². The van der Waals surface area contributed by atoms with Gasteiger partial charge in [-0.3, -0.25) is 57.4 Å². The van der Waals surface area contributed by atoms with E-state index in [1.54, 1.807) is 72.3 Å². The number of piperazine rings is 3. The summed E-state index contributed by atoms with van der Waals surface area (Å²) in [6.07, 6.45) is 8.52. The van der Waals surface area contributed by atoms with Crippen LogP contribution in [0.25, 0.3) is 83.9 Å². The molecule has 0 radical (unpaired) electrons. The van der Waals surface area contributed by atoms with Crippen LogP contribution in [0.1, 0.15) is 110 Å². The van der Waals surface area contributed by atoms with Gasteiger partial charge in [0.25, 0.3) is 16.7 Å². The van der Waals surface area contributed by atoms with Crippen LogP contribution < -0.4 is 48.6 Å². The lowest BCUT2D eigenvalue weighted by atomic mass is 10.0. The Hall–Kier alpha value is -12.7. The van der Waals surface area contributed by atoms with Crippen LogP contribution >= 0.6 is 104 Å². The molecule has 3 fully saturated rings. The molecular weight excluding hydrogens is 1940 g/mol. The maximum absolute atomic E-state index is 14.8. The minimum atomic E-state index is -1.45. The van der Waals surface area contributed by atoms with Crippen molar-refractivity contribution in [3.63, 3.8) is 0 Å². The Labute approximate surface area is 812 Å². The van der Waals surface area contributed by atoms with Gasteiger partial charge >= 0.3 is 0 Å². The molecule has 6 N–H and O–H groups in total. The van der Waals surface area contributed by atoms with E-state index in [0.717, 1.165) is 0 Å². The summed E-state index contributed by atoms with van der Waals surface area (Å²) in [5.74, 6) is -9.78. The standard InChI is InChI=1S/3C31H26Cl3F2N7O2/c2*1-5-19(44)41-8-10-42(11-9-41)29-16-12-18(32)27(20-21(33)23(35)24(36)22(34)25(20)38)40-30(16)43(31(45)17(29)13-37)28-15(4)6-7-39-26(28)14(2)3;1-5-19(44)41-8-10-42(11-9-41)29-16-12-18(32)27(20-21(33)22(34)23(35)24(36)25(20)38)40-30(16)43(31(45)17(29)13-37)28-15(4)6-7-39-26(28)14(2)3/h3*5-7,12,14H,1,8-11,38H2,2-4H3. The molecule has 3 aliphatic heterocycles. The fourth-order valence-electron chi connectivity index (χ4n) is 16.6. The van der Waals surface area contributed by atoms with Crippen LogP contribution in [0.2, 0.25) is 45.2 Å². The maximum atomic E-state index is 14.8. The summed E-state index contributed by atoms with van der Waals surface area (Å²) in [7, 11) is 0. The predicted octanol–water partition coefficient (Wildman–Crippen LogP) is 19.2. The number of pyridine rings is 9. The molecule has 3 aliphatic rings. The van der Waals surface area contributed by atoms with Gasteiger partial charge in [0.2, 0.25) is 17.7 Å². The molecule has 3 aromatic carbocycles. The van der Waals surface area contributed by atoms with Crippen molar-refractivity contribution in [2.45, 2.75) is 80.1 Å². The second kappa shape index (κ2) is 40.1. The van der Waals surface area contributed by atoms with Crippen LogP contribution in [0, 0.1) is 89.7 Å². The molecule has 0 spiro atoms. The number of nitrogen functional groups attached to an aromatic ring is 3. The molecule has 0 aliphatic carbocycles. The average Bonchev–Trinajstić information content (AvgIpc) is 0.728. The Balaban J connectivity index is 0.000000171. The smallest absolute Gasteiger partial charge is 0.276 e. The molecular formula is C93H78Cl9F6N21O6. The molecule has 0 atom stereocenters. The van der Waals surface area contributed by atoms with Gasteiger partial charge in [-0.2, -0.15) is 15.8 Å². The van der Waals surface area contributed by atoms with Gasteiger partial charge in [0.1, 0.15) is 61.9 Å². The average molecular weight is 2020 g/mol. The Kier molecular flexibility index (Phi) is 29.6. The number of nitrogens with zero attached hydrogens (tertiary/aromatic N) is 18. The molecule has 0 bridgehead atoms. The predicted molar refractivity (Wildman–Crippen MR) is 517 cm³/mol. The zero-order valence-corrected chi connectivity index (χ0v) is 80.0. The molecule has 12 aromatic rings. The summed E-state index contributed by atoms with van der Waals surface area (Å²) in [6.45, 7) is 30.9. The molecule has 3 amide bonds. The van der Waals surface area contributed by atoms with Crippen LogP contribution in [-0.4, -0.2) is 155 Å². The van der Waals surface area contributed by atoms with Crippen molar-refractivity contribution < 1.29 is 40.7 Å². The van der Waals surface area contributed by atoms with E-state index >= 15 is 0 Å². The molecule has 3 saturated heterocycles. The minimum absolute atomic E-state index is 0.0346. The van der Waals surface area contributed by atoms with E-state index in [2.05, 4.69) is 52.9 Å². The topological polar surface area (TPSA) is 363 Å². The third kappa shape index (κ3) is 17.8. The Morgan fingerprint density at radius 3 is 0.867 bits per heavy atom. The van der Waals surface area contributed by atoms with Gasteiger partial charge in [-0.1, -0.05) is 166 Å². The number of halogens is 15. The van der Waals surface area contributed by atoms with E-state index in [9.17, 15) is 70.9 Å². The Bertz CT molecular complexity index is 6650. The molecule has 12 heterocycles. The van der Waals surface area contributed by atoms with E-state index in [1.807, 2.05) is 56.2 Å². The van der Waals surface area contributed by atoms with Gasteiger partial charge in [0.15, 0.2) is 34.9 Å². The van der Waals surface area contributed by atoms with Crippen LogP contribution in [0.3, 0.4) is 0 Å². The fourth-order valence-corrected chi connectivity index (χ4v) is 18.7. The van der Waals surface area contributed by atoms with Crippen molar-refractivity contribution in [2.24, 2.45) is 0 Å². The molecule has 42 heteroatoms. The quantitative estimate of drug-likeness (QED) is 0.0282. The number of benzene rings is 3. The van der Waals surface area contributed by atoms with E-state index in [-0.39, 0.29) is 174 Å². The normalized spacial score (nSPS) is 13.4. The lowest BCUT2D eigenvalue weighted by molar-refractivity contribution is -0.127. The van der Waals surface area contributed by atoms with Crippen LogP contribution in [0.4, 0.5) is 60.5 Å². The first kappa shape index (κ1) is 99.7. The number of aromatic nitrogens is 9. The number of carbonyl (C=O) groups excluding carboxylic acids is 3. The minimum Gasteiger partial charge on any atom is -0.397 e. The SMILES string of the molecule is C=CC(=O)N1CCN(c2c(C#N)c(=O)n(-c3c(C)ccnc3C(C)C)c3nc(-c4c(N)c(Cl)c(F)c(F)c4Cl)c(Cl)cc23)CC1.C=CC(=O)N1CCN(c2c(C#N)c(=O)n(-c3c(C)ccnc3C(C)C)c3nc(-c4c(N)c(Cl)c(F)c(F)c4Cl)c(Cl)cc23)CC1.C=CC(=O)N1CCN(c2c(C#N)c(=O)n(-c3c(C)ccnc3C(C)C)c3nc(-c4c(N)c(F)c(F)c(Cl)c4Cl)c(Cl)cc23)CC1. The van der Waals surface area contributed by atoms with Crippen molar-refractivity contribution in [2.75, 3.05) is 110 Å². The third-order valence-corrected chi connectivity index (χ3v) is 26.3. The van der Waals surface area contributed by atoms with Gasteiger partial charge in [-0.05, 0) is 110 Å². The lowest BCUT2D eigenvalue weighted by Crippen LogP contribution is -2.49. The number of anilines is 6. The second-order valence-corrected chi connectivity index (χ2v) is 35.7. The monoisotopic (exact) mass is 2010 g/mol. The summed E-state index contributed by atoms with van der Waals surface area (Å²) in [5.41, 5.74) is 18.6. The molecule has 9 aromatic heterocycles. The highest BCUT2D eigenvalue weighted by Gasteiger charge is 2.38. The zero-order valence-electron chi connectivity index (χ0n) is 73.2. The van der Waals surface area contributed by atoms with Gasteiger partial charge in [0.05, 0.1) is 121 Å². The lowest BCUT2D eigenvalue weighted by Gasteiger charge is -2.36. The summed E-state index contributed by atoms with van der Waals surface area (Å²) in [5, 5.41) is 27.9. The summed E-state index contributed by atoms with van der Waals surface area (Å²) in [6, 6.07) is 15.8. The van der Waals surface area contributed by atoms with Crippen molar-refractivity contribution >= 4 is 189 Å². The van der Waals surface area contributed by atoms with Crippen LogP contribution in [0.5, 0.6) is 0 Å². The molecule has 27 nitrogen and oxygen atoms in total. The molecule has 0 unspecified atom stereocenters. The first-order chi connectivity index (χ1) is 64.0. The number of amides is 3. The zero-order chi connectivity index (χ0) is 98.7. The van der Waals surface area contributed by atoms with Crippen molar-refractivity contribution in [1.82, 2.24) is 58.3 Å². The Morgan fingerprint density at radius 2 is 0.622 bits per heavy atom. The van der Waals surface area contributed by atoms with Crippen LogP contribution in [-0.2, 0) is 14.4 Å². The van der Waals surface area contributed by atoms with Gasteiger partial charge < -0.3 is 46.6 Å². The van der Waals surface area contributed by atoms with E-state index in [4.69, 9.17) is 137 Å². The second-order valence-electron chi connectivity index (χ2n) is 32.2. The maximum Gasteiger partial charge on any atom is 0.276 e. The van der Waals surface area contributed by atoms with E-state index in [1.165, 1.54) is 50.1 Å². The number of nitrogens with two attached hydrogens (primary N) is 3. The third-order valence-electron chi connectivity index (χ3n) is 23.2. The summed E-state index contributed by atoms with van der Waals surface area (Å²) < 4.78 is 91.5. The fraction of sp³-hybridized carbons (Fsp3) is 0.258. The number of hydrogen-bond donors (Lipinski definition) is 3. The molecule has 0 saturated carbocycles. The van der Waals surface area contributed by atoms with Gasteiger partial charge in [-0.15, -0.1) is 0 Å². The molecule has 15 rings (SSSR count). The van der Waals surface area contributed by atoms with Crippen LogP contribution in [0.15, 0.2) is 107 Å². The highest BCUT2D eigenvalue weighted by molar-refractivity contribution is 6.45. The van der Waals surface area contributed by atoms with E-state index < -0.39 is 98.8 Å². The number of rotatable bonds is 15. The first-order valence-corrected chi connectivity index (χ1v) is 44.7. The van der Waals surface area contributed by atoms with E-state index in [0.29, 0.717) is 106 Å². The summed E-state index contributed by atoms with van der Waals surface area (Å²) in [4.78, 5) is 118. The first-order valence-electron chi connectivity index (χ1n) is 41.3. The van der Waals surface area contributed by atoms with Crippen molar-refractivity contribution in [3.8, 4) is 69.0 Å². The Morgan fingerprint density at radius 1 is 0.378 bits per heavy atom. The van der Waals surface area contributed by atoms with Crippen molar-refractivity contribution in [3.05, 3.63) is 255 Å². The van der Waals surface area contributed by atoms with Crippen molar-refractivity contribution in [1.29, 1.82) is 15.8 Å². The van der Waals surface area contributed by atoms with Gasteiger partial charge in [0, 0.05) is 130 Å². The highest BCUT2D eigenvalue weighted by Crippen LogP contribution is 2.50. The number of nitriles is 3. The summed E-state index contributed by atoms with van der Waals surface area (Å²) >= 11 is 57.2. The number of hydrogen-bond acceptors (Lipinski definition) is 21.